The third-order valence-corrected chi connectivity index (χ3v) is 2.76. The molecule has 134 valence electrons. The molecule has 0 aliphatic carbocycles. The summed E-state index contributed by atoms with van der Waals surface area (Å²) in [5.74, 6) is -0.659. The molecule has 0 heterocycles. The fraction of sp³-hybridized carbons (Fsp3) is 0.833. The van der Waals surface area contributed by atoms with Gasteiger partial charge in [-0.3, -0.25) is 4.79 Å². The van der Waals surface area contributed by atoms with Gasteiger partial charge < -0.3 is 15.3 Å². The van der Waals surface area contributed by atoms with E-state index >= 15 is 0 Å². The number of carboxylic acid groups (broad SMARTS) is 1. The Morgan fingerprint density at radius 3 is 1.64 bits per heavy atom. The average Bonchev–Trinajstić information content (AvgIpc) is 2.46. The molecule has 1 unspecified atom stereocenters. The van der Waals surface area contributed by atoms with Crippen molar-refractivity contribution < 1.29 is 20.1 Å². The van der Waals surface area contributed by atoms with E-state index in [1.54, 1.807) is 6.08 Å². The highest BCUT2D eigenvalue weighted by molar-refractivity contribution is 5.66. The highest BCUT2D eigenvalue weighted by atomic mass is 16.4. The number of hydrogen-bond donors (Lipinski definition) is 3. The van der Waals surface area contributed by atoms with Crippen LogP contribution in [-0.2, 0) is 4.79 Å². The number of rotatable bonds is 11. The Hall–Kier alpha value is -0.870. The molecule has 3 N–H and O–H groups in total. The Morgan fingerprint density at radius 2 is 1.36 bits per heavy atom. The molecule has 0 saturated heterocycles. The van der Waals surface area contributed by atoms with E-state index in [2.05, 4.69) is 13.5 Å². The van der Waals surface area contributed by atoms with E-state index in [1.807, 2.05) is 6.92 Å². The summed E-state index contributed by atoms with van der Waals surface area (Å²) in [4.78, 5) is 10.2. The van der Waals surface area contributed by atoms with E-state index in [4.69, 9.17) is 15.3 Å². The lowest BCUT2D eigenvalue weighted by atomic mass is 10.1. The van der Waals surface area contributed by atoms with Gasteiger partial charge in [-0.25, -0.2) is 0 Å². The summed E-state index contributed by atoms with van der Waals surface area (Å²) in [6, 6.07) is 0. The molecule has 0 aromatic rings. The van der Waals surface area contributed by atoms with Crippen LogP contribution in [0.2, 0.25) is 0 Å². The molecule has 22 heavy (non-hydrogen) atoms. The Labute approximate surface area is 137 Å². The maximum atomic E-state index is 10.2. The zero-order chi connectivity index (χ0) is 17.6. The van der Waals surface area contributed by atoms with E-state index in [1.165, 1.54) is 51.9 Å². The van der Waals surface area contributed by atoms with Crippen LogP contribution in [0.1, 0.15) is 85.0 Å². The molecular weight excluding hydrogens is 280 g/mol. The molecule has 4 heteroatoms. The molecule has 0 aromatic heterocycles. The maximum Gasteiger partial charge on any atom is 0.303 e. The summed E-state index contributed by atoms with van der Waals surface area (Å²) >= 11 is 0. The van der Waals surface area contributed by atoms with Crippen LogP contribution in [0.25, 0.3) is 0 Å². The standard InChI is InChI=1S/C12H24O2.C3H8O2.C3H6/c1-2-3-4-5-6-7-8-9-10-11-12(13)14;1-3(5)2-4;1-3-2/h2-11H2,1H3,(H,13,14);3-5H,2H2,1H3;3H,1H2,2H3. The number of carboxylic acids is 1. The molecule has 0 spiro atoms. The summed E-state index contributed by atoms with van der Waals surface area (Å²) in [7, 11) is 0. The molecule has 0 aliphatic heterocycles. The summed E-state index contributed by atoms with van der Waals surface area (Å²) in [5.41, 5.74) is 0. The highest BCUT2D eigenvalue weighted by Crippen LogP contribution is 2.10. The van der Waals surface area contributed by atoms with Crippen LogP contribution in [0.4, 0.5) is 0 Å². The summed E-state index contributed by atoms with van der Waals surface area (Å²) in [6.45, 7) is 8.87. The van der Waals surface area contributed by atoms with Crippen LogP contribution in [0, 0.1) is 0 Å². The predicted molar refractivity (Wildman–Crippen MR) is 94.1 cm³/mol. The molecule has 0 saturated carbocycles. The van der Waals surface area contributed by atoms with Gasteiger partial charge in [0.2, 0.25) is 0 Å². The van der Waals surface area contributed by atoms with Gasteiger partial charge in [0.05, 0.1) is 12.7 Å². The number of hydrogen-bond acceptors (Lipinski definition) is 3. The summed E-state index contributed by atoms with van der Waals surface area (Å²) < 4.78 is 0. The fourth-order valence-electron chi connectivity index (χ4n) is 1.59. The van der Waals surface area contributed by atoms with Crippen molar-refractivity contribution in [2.24, 2.45) is 0 Å². The molecule has 0 radical (unpaired) electrons. The van der Waals surface area contributed by atoms with Crippen molar-refractivity contribution in [2.45, 2.75) is 91.1 Å². The Balaban J connectivity index is -0.000000373. The van der Waals surface area contributed by atoms with Crippen molar-refractivity contribution in [3.05, 3.63) is 12.7 Å². The predicted octanol–water partition coefficient (Wildman–Crippen LogP) is 4.54. The van der Waals surface area contributed by atoms with Gasteiger partial charge in [-0.1, -0.05) is 64.4 Å². The van der Waals surface area contributed by atoms with Gasteiger partial charge in [0.25, 0.3) is 0 Å². The quantitative estimate of drug-likeness (QED) is 0.386. The number of aliphatic carboxylic acids is 1. The molecule has 0 bridgehead atoms. The monoisotopic (exact) mass is 318 g/mol. The van der Waals surface area contributed by atoms with Gasteiger partial charge >= 0.3 is 5.97 Å². The van der Waals surface area contributed by atoms with Gasteiger partial charge in [0.1, 0.15) is 0 Å². The van der Waals surface area contributed by atoms with Gasteiger partial charge in [0.15, 0.2) is 0 Å². The van der Waals surface area contributed by atoms with Crippen LogP contribution in [-0.4, -0.2) is 34.0 Å². The van der Waals surface area contributed by atoms with Crippen LogP contribution in [0.3, 0.4) is 0 Å². The third kappa shape index (κ3) is 42.7. The minimum absolute atomic E-state index is 0.139. The second-order valence-electron chi connectivity index (χ2n) is 5.41. The first-order valence-corrected chi connectivity index (χ1v) is 8.53. The maximum absolute atomic E-state index is 10.2. The second kappa shape index (κ2) is 25.1. The smallest absolute Gasteiger partial charge is 0.303 e. The minimum Gasteiger partial charge on any atom is -0.481 e. The van der Waals surface area contributed by atoms with Gasteiger partial charge in [-0.15, -0.1) is 6.58 Å². The zero-order valence-corrected chi connectivity index (χ0v) is 14.9. The van der Waals surface area contributed by atoms with Gasteiger partial charge in [-0.05, 0) is 20.3 Å². The van der Waals surface area contributed by atoms with Gasteiger partial charge in [-0.2, -0.15) is 0 Å². The van der Waals surface area contributed by atoms with E-state index in [0.717, 1.165) is 12.8 Å². The van der Waals surface area contributed by atoms with E-state index in [0.29, 0.717) is 6.42 Å². The molecular formula is C18H38O4. The normalized spacial score (nSPS) is 10.6. The lowest BCUT2D eigenvalue weighted by Crippen LogP contribution is -2.03. The Kier molecular flexibility index (Phi) is 29.7. The highest BCUT2D eigenvalue weighted by Gasteiger charge is 1.96. The number of allylic oxidation sites excluding steroid dienone is 1. The van der Waals surface area contributed by atoms with Crippen LogP contribution in [0.5, 0.6) is 0 Å². The molecule has 1 atom stereocenters. The lowest BCUT2D eigenvalue weighted by Gasteiger charge is -2.00. The zero-order valence-electron chi connectivity index (χ0n) is 14.9. The van der Waals surface area contributed by atoms with Crippen molar-refractivity contribution >= 4 is 5.97 Å². The van der Waals surface area contributed by atoms with Crippen LogP contribution < -0.4 is 0 Å². The number of carbonyl (C=O) groups is 1. The van der Waals surface area contributed by atoms with Crippen LogP contribution >= 0.6 is 0 Å². The molecule has 0 amide bonds. The first kappa shape index (κ1) is 26.0. The molecule has 0 aliphatic rings. The van der Waals surface area contributed by atoms with E-state index in [-0.39, 0.29) is 6.61 Å². The number of aliphatic hydroxyl groups is 2. The fourth-order valence-corrected chi connectivity index (χ4v) is 1.59. The van der Waals surface area contributed by atoms with Crippen molar-refractivity contribution in [2.75, 3.05) is 6.61 Å². The van der Waals surface area contributed by atoms with Crippen molar-refractivity contribution in [1.29, 1.82) is 0 Å². The summed E-state index contributed by atoms with van der Waals surface area (Å²) in [6.07, 6.45) is 12.7. The molecule has 0 aromatic carbocycles. The first-order valence-electron chi connectivity index (χ1n) is 8.53. The average molecular weight is 318 g/mol. The second-order valence-corrected chi connectivity index (χ2v) is 5.41. The number of unbranched alkanes of at least 4 members (excludes halogenated alkanes) is 8. The molecule has 0 fully saturated rings. The van der Waals surface area contributed by atoms with Gasteiger partial charge in [0, 0.05) is 6.42 Å². The summed E-state index contributed by atoms with van der Waals surface area (Å²) in [5, 5.41) is 24.4. The molecule has 0 rings (SSSR count). The number of aliphatic hydroxyl groups excluding tert-OH is 2. The van der Waals surface area contributed by atoms with Crippen molar-refractivity contribution in [3.63, 3.8) is 0 Å². The Morgan fingerprint density at radius 1 is 1.05 bits per heavy atom. The van der Waals surface area contributed by atoms with E-state index < -0.39 is 12.1 Å². The third-order valence-electron chi connectivity index (χ3n) is 2.76. The first-order chi connectivity index (χ1) is 10.5. The van der Waals surface area contributed by atoms with Crippen molar-refractivity contribution in [3.8, 4) is 0 Å². The lowest BCUT2D eigenvalue weighted by molar-refractivity contribution is -0.137. The largest absolute Gasteiger partial charge is 0.481 e. The van der Waals surface area contributed by atoms with Crippen molar-refractivity contribution in [1.82, 2.24) is 0 Å². The van der Waals surface area contributed by atoms with Crippen LogP contribution in [0.15, 0.2) is 12.7 Å². The SMILES string of the molecule is C=CC.CC(O)CO.CCCCCCCCCCCC(=O)O. The molecule has 4 nitrogen and oxygen atoms in total. The van der Waals surface area contributed by atoms with E-state index in [9.17, 15) is 4.79 Å². The Bertz CT molecular complexity index is 215. The minimum atomic E-state index is -0.659. The topological polar surface area (TPSA) is 77.8 Å².